The Morgan fingerprint density at radius 3 is 2.69 bits per heavy atom. The molecule has 5 nitrogen and oxygen atoms in total. The molecule has 3 N–H and O–H groups in total. The van der Waals surface area contributed by atoms with E-state index in [0.717, 1.165) is 17.7 Å². The van der Waals surface area contributed by atoms with E-state index in [1.165, 1.54) is 6.21 Å². The van der Waals surface area contributed by atoms with E-state index in [-0.39, 0.29) is 5.38 Å². The van der Waals surface area contributed by atoms with Crippen LogP contribution in [0.1, 0.15) is 32.8 Å². The van der Waals surface area contributed by atoms with E-state index < -0.39 is 0 Å². The number of rotatable bonds is 12. The molecular formula is C24H29Cl2N5S. The molecule has 2 rings (SSSR count). The van der Waals surface area contributed by atoms with Crippen LogP contribution < -0.4 is 10.6 Å². The number of nitrogens with one attached hydrogen (secondary N) is 3. The van der Waals surface area contributed by atoms with Crippen LogP contribution in [0, 0.1) is 5.41 Å². The topological polar surface area (TPSA) is 73.7 Å². The second-order valence-corrected chi connectivity index (χ2v) is 9.35. The Labute approximate surface area is 204 Å². The summed E-state index contributed by atoms with van der Waals surface area (Å²) < 4.78 is 0. The summed E-state index contributed by atoms with van der Waals surface area (Å²) in [6.07, 6.45) is 9.71. The standard InChI is InChI=1S/C24H29Cl2N5S/c1-5-9-17(10-6-2)21(26)15-28-22-20(14-27)23(29-19-12-8-11-18(25)13-19)31-24(30-22)32-16(4)7-3/h5-6,8-14,16,21,27H,1,7,15H2,2-4H3,(H2,28,29,30,31)/b10-6-,17-9+,27-14?. The molecule has 1 heterocycles. The Hall–Kier alpha value is -2.28. The van der Waals surface area contributed by atoms with Gasteiger partial charge in [0.05, 0.1) is 10.9 Å². The van der Waals surface area contributed by atoms with Gasteiger partial charge in [0.15, 0.2) is 5.16 Å². The number of allylic oxidation sites excluding steroid dienone is 4. The van der Waals surface area contributed by atoms with Crippen LogP contribution in [0.3, 0.4) is 0 Å². The van der Waals surface area contributed by atoms with Gasteiger partial charge in [-0.2, -0.15) is 0 Å². The van der Waals surface area contributed by atoms with Crippen molar-refractivity contribution in [2.45, 2.75) is 43.0 Å². The molecule has 1 aromatic carbocycles. The molecule has 170 valence electrons. The van der Waals surface area contributed by atoms with Gasteiger partial charge in [0.1, 0.15) is 11.6 Å². The van der Waals surface area contributed by atoms with Crippen molar-refractivity contribution in [3.05, 3.63) is 71.3 Å². The molecule has 8 heteroatoms. The van der Waals surface area contributed by atoms with Gasteiger partial charge >= 0.3 is 0 Å². The van der Waals surface area contributed by atoms with Gasteiger partial charge < -0.3 is 16.0 Å². The largest absolute Gasteiger partial charge is 0.367 e. The summed E-state index contributed by atoms with van der Waals surface area (Å²) >= 11 is 14.3. The number of hydrogen-bond donors (Lipinski definition) is 3. The number of nitrogens with zero attached hydrogens (tertiary/aromatic N) is 2. The first kappa shape index (κ1) is 26.0. The van der Waals surface area contributed by atoms with Crippen LogP contribution in [-0.2, 0) is 0 Å². The Balaban J connectivity index is 2.40. The molecular weight excluding hydrogens is 461 g/mol. The summed E-state index contributed by atoms with van der Waals surface area (Å²) in [6, 6.07) is 7.37. The number of benzene rings is 1. The Bertz CT molecular complexity index is 990. The molecule has 32 heavy (non-hydrogen) atoms. The minimum absolute atomic E-state index is 0.298. The molecule has 2 atom stereocenters. The molecule has 0 bridgehead atoms. The third-order valence-electron chi connectivity index (χ3n) is 4.52. The third kappa shape index (κ3) is 7.69. The Kier molecular flexibility index (Phi) is 10.8. The zero-order valence-corrected chi connectivity index (χ0v) is 20.9. The quantitative estimate of drug-likeness (QED) is 0.0946. The Morgan fingerprint density at radius 1 is 1.31 bits per heavy atom. The van der Waals surface area contributed by atoms with E-state index in [2.05, 4.69) is 41.0 Å². The highest BCUT2D eigenvalue weighted by atomic mass is 35.5. The second kappa shape index (κ2) is 13.3. The fourth-order valence-corrected chi connectivity index (χ4v) is 3.96. The summed E-state index contributed by atoms with van der Waals surface area (Å²) in [4.78, 5) is 9.36. The maximum Gasteiger partial charge on any atom is 0.191 e. The van der Waals surface area contributed by atoms with Crippen molar-refractivity contribution in [2.75, 3.05) is 17.2 Å². The van der Waals surface area contributed by atoms with E-state index in [9.17, 15) is 0 Å². The van der Waals surface area contributed by atoms with Crippen LogP contribution in [0.25, 0.3) is 0 Å². The van der Waals surface area contributed by atoms with E-state index in [1.54, 1.807) is 23.9 Å². The first-order chi connectivity index (χ1) is 15.4. The maximum atomic E-state index is 8.00. The normalized spacial score (nSPS) is 13.6. The summed E-state index contributed by atoms with van der Waals surface area (Å²) in [6.45, 7) is 10.4. The number of alkyl halides is 1. The summed E-state index contributed by atoms with van der Waals surface area (Å²) in [7, 11) is 0. The smallest absolute Gasteiger partial charge is 0.191 e. The van der Waals surface area contributed by atoms with Gasteiger partial charge in [0, 0.05) is 28.7 Å². The Morgan fingerprint density at radius 2 is 2.06 bits per heavy atom. The monoisotopic (exact) mass is 489 g/mol. The van der Waals surface area contributed by atoms with Gasteiger partial charge in [0.25, 0.3) is 0 Å². The second-order valence-electron chi connectivity index (χ2n) is 6.98. The number of anilines is 3. The number of halogens is 2. The molecule has 0 saturated carbocycles. The fourth-order valence-electron chi connectivity index (χ4n) is 2.73. The summed E-state index contributed by atoms with van der Waals surface area (Å²) in [5.41, 5.74) is 2.26. The summed E-state index contributed by atoms with van der Waals surface area (Å²) in [5.74, 6) is 1.08. The minimum atomic E-state index is -0.298. The van der Waals surface area contributed by atoms with Crippen molar-refractivity contribution in [2.24, 2.45) is 0 Å². The zero-order valence-electron chi connectivity index (χ0n) is 18.5. The molecule has 0 aliphatic rings. The van der Waals surface area contributed by atoms with E-state index >= 15 is 0 Å². The highest BCUT2D eigenvalue weighted by Crippen LogP contribution is 2.30. The van der Waals surface area contributed by atoms with Crippen molar-refractivity contribution in [3.63, 3.8) is 0 Å². The number of hydrogen-bond acceptors (Lipinski definition) is 6. The van der Waals surface area contributed by atoms with Crippen molar-refractivity contribution < 1.29 is 0 Å². The lowest BCUT2D eigenvalue weighted by Gasteiger charge is -2.18. The molecule has 0 amide bonds. The number of aromatic nitrogens is 2. The van der Waals surface area contributed by atoms with Crippen molar-refractivity contribution in [3.8, 4) is 0 Å². The van der Waals surface area contributed by atoms with Crippen LogP contribution in [0.15, 0.2) is 65.9 Å². The SMILES string of the molecule is C=C/C=C(\C=C/C)C(Cl)CNc1nc(SC(C)CC)nc(Nc2cccc(Cl)c2)c1C=N. The molecule has 0 radical (unpaired) electrons. The van der Waals surface area contributed by atoms with Gasteiger partial charge in [-0.25, -0.2) is 9.97 Å². The highest BCUT2D eigenvalue weighted by Gasteiger charge is 2.17. The highest BCUT2D eigenvalue weighted by molar-refractivity contribution is 7.99. The predicted molar refractivity (Wildman–Crippen MR) is 141 cm³/mol. The lowest BCUT2D eigenvalue weighted by atomic mass is 10.1. The van der Waals surface area contributed by atoms with Crippen molar-refractivity contribution in [1.29, 1.82) is 5.41 Å². The maximum absolute atomic E-state index is 8.00. The van der Waals surface area contributed by atoms with Crippen LogP contribution >= 0.6 is 35.0 Å². The average molecular weight is 491 g/mol. The predicted octanol–water partition coefficient (Wildman–Crippen LogP) is 7.47. The first-order valence-corrected chi connectivity index (χ1v) is 12.1. The number of thioether (sulfide) groups is 1. The van der Waals surface area contributed by atoms with Crippen LogP contribution in [0.5, 0.6) is 0 Å². The van der Waals surface area contributed by atoms with Crippen LogP contribution in [-0.4, -0.2) is 33.4 Å². The molecule has 0 aliphatic carbocycles. The first-order valence-electron chi connectivity index (χ1n) is 10.4. The minimum Gasteiger partial charge on any atom is -0.367 e. The zero-order chi connectivity index (χ0) is 23.5. The molecule has 0 saturated heterocycles. The van der Waals surface area contributed by atoms with Crippen LogP contribution in [0.4, 0.5) is 17.3 Å². The molecule has 0 spiro atoms. The van der Waals surface area contributed by atoms with Gasteiger partial charge in [-0.1, -0.05) is 74.2 Å². The third-order valence-corrected chi connectivity index (χ3v) is 6.29. The van der Waals surface area contributed by atoms with Crippen LogP contribution in [0.2, 0.25) is 5.02 Å². The van der Waals surface area contributed by atoms with Gasteiger partial charge in [-0.3, -0.25) is 0 Å². The van der Waals surface area contributed by atoms with Crippen molar-refractivity contribution in [1.82, 2.24) is 9.97 Å². The van der Waals surface area contributed by atoms with E-state index in [4.69, 9.17) is 28.6 Å². The van der Waals surface area contributed by atoms with Gasteiger partial charge in [0.2, 0.25) is 0 Å². The molecule has 2 unspecified atom stereocenters. The summed E-state index contributed by atoms with van der Waals surface area (Å²) in [5, 5.41) is 15.9. The molecule has 2 aromatic rings. The molecule has 0 aliphatic heterocycles. The lowest BCUT2D eigenvalue weighted by molar-refractivity contribution is 0.883. The average Bonchev–Trinajstić information content (AvgIpc) is 2.77. The lowest BCUT2D eigenvalue weighted by Crippen LogP contribution is -2.19. The van der Waals surface area contributed by atoms with Crippen molar-refractivity contribution >= 4 is 58.5 Å². The fraction of sp³-hybridized carbons (Fsp3) is 0.292. The molecule has 0 fully saturated rings. The van der Waals surface area contributed by atoms with Gasteiger partial charge in [-0.15, -0.1) is 11.6 Å². The van der Waals surface area contributed by atoms with Gasteiger partial charge in [-0.05, 0) is 37.1 Å². The van der Waals surface area contributed by atoms with E-state index in [1.807, 2.05) is 43.4 Å². The van der Waals surface area contributed by atoms with E-state index in [0.29, 0.717) is 39.2 Å². The molecule has 1 aromatic heterocycles.